The van der Waals surface area contributed by atoms with Crippen LogP contribution in [0.5, 0.6) is 11.5 Å². The monoisotopic (exact) mass is 293 g/mol. The summed E-state index contributed by atoms with van der Waals surface area (Å²) < 4.78 is 20.6. The molecule has 1 aromatic heterocycles. The Bertz CT molecular complexity index is 585. The number of hydrogen-bond donors (Lipinski definition) is 1. The normalized spacial score (nSPS) is 12.2. The Morgan fingerprint density at radius 3 is 2.62 bits per heavy atom. The number of aromatic nitrogens is 2. The van der Waals surface area contributed by atoms with Crippen molar-refractivity contribution >= 4 is 0 Å². The van der Waals surface area contributed by atoms with E-state index in [1.807, 2.05) is 18.2 Å². The molecule has 114 valence electrons. The van der Waals surface area contributed by atoms with Gasteiger partial charge in [-0.05, 0) is 17.7 Å². The lowest BCUT2D eigenvalue weighted by Gasteiger charge is -2.08. The van der Waals surface area contributed by atoms with E-state index in [-0.39, 0.29) is 0 Å². The van der Waals surface area contributed by atoms with Crippen molar-refractivity contribution in [1.29, 1.82) is 0 Å². The van der Waals surface area contributed by atoms with E-state index >= 15 is 0 Å². The average molecular weight is 293 g/mol. The third-order valence-corrected chi connectivity index (χ3v) is 2.96. The Morgan fingerprint density at radius 1 is 1.19 bits per heavy atom. The predicted octanol–water partition coefficient (Wildman–Crippen LogP) is 1.32. The van der Waals surface area contributed by atoms with Crippen LogP contribution < -0.4 is 15.2 Å². The molecule has 0 aliphatic heterocycles. The highest BCUT2D eigenvalue weighted by Crippen LogP contribution is 2.28. The molecular weight excluding hydrogens is 274 g/mol. The first kappa shape index (κ1) is 15.3. The molecule has 0 saturated carbocycles. The number of benzene rings is 1. The first-order valence-electron chi connectivity index (χ1n) is 6.45. The Morgan fingerprint density at radius 2 is 1.95 bits per heavy atom. The van der Waals surface area contributed by atoms with Gasteiger partial charge in [0.2, 0.25) is 5.89 Å². The van der Waals surface area contributed by atoms with E-state index < -0.39 is 6.04 Å². The molecule has 0 aliphatic rings. The van der Waals surface area contributed by atoms with Gasteiger partial charge in [-0.3, -0.25) is 0 Å². The van der Waals surface area contributed by atoms with E-state index in [0.29, 0.717) is 36.2 Å². The van der Waals surface area contributed by atoms with Crippen LogP contribution in [0.3, 0.4) is 0 Å². The van der Waals surface area contributed by atoms with Gasteiger partial charge in [0.25, 0.3) is 0 Å². The molecule has 0 radical (unpaired) electrons. The topological polar surface area (TPSA) is 92.6 Å². The minimum absolute atomic E-state index is 0.343. The fourth-order valence-corrected chi connectivity index (χ4v) is 1.91. The molecule has 0 spiro atoms. The Hall–Kier alpha value is -2.12. The minimum Gasteiger partial charge on any atom is -0.493 e. The van der Waals surface area contributed by atoms with Crippen molar-refractivity contribution in [2.45, 2.75) is 12.5 Å². The van der Waals surface area contributed by atoms with Crippen molar-refractivity contribution in [3.8, 4) is 11.5 Å². The number of hydrogen-bond acceptors (Lipinski definition) is 7. The Kier molecular flexibility index (Phi) is 5.13. The molecular formula is C14H19N3O4. The molecule has 1 atom stereocenters. The summed E-state index contributed by atoms with van der Waals surface area (Å²) in [6.07, 6.45) is 0.493. The van der Waals surface area contributed by atoms with Crippen LogP contribution in [0, 0.1) is 0 Å². The second-order valence-electron chi connectivity index (χ2n) is 4.47. The van der Waals surface area contributed by atoms with Crippen LogP contribution in [0.2, 0.25) is 0 Å². The largest absolute Gasteiger partial charge is 0.493 e. The first-order chi connectivity index (χ1) is 10.2. The zero-order valence-electron chi connectivity index (χ0n) is 12.3. The lowest BCUT2D eigenvalue weighted by molar-refractivity contribution is 0.177. The maximum Gasteiger partial charge on any atom is 0.231 e. The molecule has 2 aromatic rings. The highest BCUT2D eigenvalue weighted by atomic mass is 16.5. The fraction of sp³-hybridized carbons (Fsp3) is 0.429. The molecule has 0 bridgehead atoms. The van der Waals surface area contributed by atoms with E-state index in [4.69, 9.17) is 24.5 Å². The van der Waals surface area contributed by atoms with Gasteiger partial charge in [0.1, 0.15) is 0 Å². The fourth-order valence-electron chi connectivity index (χ4n) is 1.91. The summed E-state index contributed by atoms with van der Waals surface area (Å²) >= 11 is 0. The number of ether oxygens (including phenoxy) is 3. The standard InChI is InChI=1S/C14H19N3O4/c1-18-8-10(15)14-16-13(21-17-14)7-9-4-5-11(19-2)12(6-9)20-3/h4-6,10H,7-8,15H2,1-3H3. The Labute approximate surface area is 123 Å². The molecule has 2 N–H and O–H groups in total. The van der Waals surface area contributed by atoms with Crippen LogP contribution in [0.25, 0.3) is 0 Å². The third kappa shape index (κ3) is 3.71. The minimum atomic E-state index is -0.391. The highest BCUT2D eigenvalue weighted by molar-refractivity contribution is 5.43. The predicted molar refractivity (Wildman–Crippen MR) is 75.5 cm³/mol. The van der Waals surface area contributed by atoms with Gasteiger partial charge < -0.3 is 24.5 Å². The maximum atomic E-state index is 5.85. The summed E-state index contributed by atoms with van der Waals surface area (Å²) in [5.74, 6) is 2.26. The molecule has 0 aliphatic carbocycles. The number of nitrogens with zero attached hydrogens (tertiary/aromatic N) is 2. The van der Waals surface area contributed by atoms with Crippen LogP contribution in [-0.4, -0.2) is 38.1 Å². The van der Waals surface area contributed by atoms with Crippen molar-refractivity contribution < 1.29 is 18.7 Å². The van der Waals surface area contributed by atoms with E-state index in [0.717, 1.165) is 5.56 Å². The van der Waals surface area contributed by atoms with Crippen LogP contribution in [-0.2, 0) is 11.2 Å². The third-order valence-electron chi connectivity index (χ3n) is 2.96. The molecule has 1 aromatic carbocycles. The van der Waals surface area contributed by atoms with E-state index in [1.165, 1.54) is 0 Å². The molecule has 1 unspecified atom stereocenters. The zero-order valence-corrected chi connectivity index (χ0v) is 12.3. The van der Waals surface area contributed by atoms with Crippen LogP contribution in [0.4, 0.5) is 0 Å². The number of methoxy groups -OCH3 is 3. The summed E-state index contributed by atoms with van der Waals surface area (Å²) in [5, 5.41) is 3.86. The van der Waals surface area contributed by atoms with Gasteiger partial charge in [-0.2, -0.15) is 4.98 Å². The summed E-state index contributed by atoms with van der Waals surface area (Å²) in [5.41, 5.74) is 6.82. The molecule has 21 heavy (non-hydrogen) atoms. The molecule has 2 rings (SSSR count). The smallest absolute Gasteiger partial charge is 0.231 e. The molecule has 0 saturated heterocycles. The van der Waals surface area contributed by atoms with E-state index in [9.17, 15) is 0 Å². The van der Waals surface area contributed by atoms with Gasteiger partial charge in [-0.25, -0.2) is 0 Å². The quantitative estimate of drug-likeness (QED) is 0.823. The average Bonchev–Trinajstić information content (AvgIpc) is 2.96. The van der Waals surface area contributed by atoms with Crippen molar-refractivity contribution in [1.82, 2.24) is 10.1 Å². The molecule has 1 heterocycles. The molecule has 7 heteroatoms. The maximum absolute atomic E-state index is 5.85. The van der Waals surface area contributed by atoms with E-state index in [2.05, 4.69) is 10.1 Å². The van der Waals surface area contributed by atoms with Crippen molar-refractivity contribution in [3.05, 3.63) is 35.5 Å². The van der Waals surface area contributed by atoms with Crippen molar-refractivity contribution in [2.24, 2.45) is 5.73 Å². The zero-order chi connectivity index (χ0) is 15.2. The van der Waals surface area contributed by atoms with Crippen molar-refractivity contribution in [3.63, 3.8) is 0 Å². The van der Waals surface area contributed by atoms with Crippen molar-refractivity contribution in [2.75, 3.05) is 27.9 Å². The van der Waals surface area contributed by atoms with Gasteiger partial charge in [0.05, 0.1) is 33.3 Å². The van der Waals surface area contributed by atoms with Crippen LogP contribution in [0.1, 0.15) is 23.3 Å². The summed E-state index contributed by atoms with van der Waals surface area (Å²) in [6.45, 7) is 0.343. The van der Waals surface area contributed by atoms with Gasteiger partial charge in [-0.15, -0.1) is 0 Å². The van der Waals surface area contributed by atoms with Gasteiger partial charge in [0, 0.05) is 7.11 Å². The summed E-state index contributed by atoms with van der Waals surface area (Å²) in [4.78, 5) is 4.27. The number of rotatable bonds is 7. The number of nitrogens with two attached hydrogens (primary N) is 1. The summed E-state index contributed by atoms with van der Waals surface area (Å²) in [7, 11) is 4.76. The molecule has 0 amide bonds. The van der Waals surface area contributed by atoms with Crippen LogP contribution >= 0.6 is 0 Å². The van der Waals surface area contributed by atoms with Crippen LogP contribution in [0.15, 0.2) is 22.7 Å². The van der Waals surface area contributed by atoms with Gasteiger partial charge >= 0.3 is 0 Å². The first-order valence-corrected chi connectivity index (χ1v) is 6.45. The van der Waals surface area contributed by atoms with Gasteiger partial charge in [-0.1, -0.05) is 11.2 Å². The lowest BCUT2D eigenvalue weighted by atomic mass is 10.1. The summed E-state index contributed by atoms with van der Waals surface area (Å²) in [6, 6.07) is 5.23. The molecule has 0 fully saturated rings. The molecule has 7 nitrogen and oxygen atoms in total. The highest BCUT2D eigenvalue weighted by Gasteiger charge is 2.15. The van der Waals surface area contributed by atoms with E-state index in [1.54, 1.807) is 21.3 Å². The van der Waals surface area contributed by atoms with Gasteiger partial charge in [0.15, 0.2) is 17.3 Å². The second kappa shape index (κ2) is 7.05. The second-order valence-corrected chi connectivity index (χ2v) is 4.47. The lowest BCUT2D eigenvalue weighted by Crippen LogP contribution is -2.17. The Balaban J connectivity index is 2.11. The SMILES string of the molecule is COCC(N)c1noc(Cc2ccc(OC)c(OC)c2)n1.